The van der Waals surface area contributed by atoms with E-state index in [4.69, 9.17) is 4.74 Å². The van der Waals surface area contributed by atoms with Crippen LogP contribution < -0.4 is 10.2 Å². The molecule has 2 aromatic rings. The van der Waals surface area contributed by atoms with Crippen LogP contribution in [-0.2, 0) is 9.84 Å². The lowest BCUT2D eigenvalue weighted by Crippen LogP contribution is -2.31. The van der Waals surface area contributed by atoms with Gasteiger partial charge in [0.1, 0.15) is 9.10 Å². The minimum absolute atomic E-state index is 0.0340. The Morgan fingerprint density at radius 3 is 2.48 bits per heavy atom. The molecule has 0 spiro atoms. The summed E-state index contributed by atoms with van der Waals surface area (Å²) in [4.78, 5) is 7.68. The highest BCUT2D eigenvalue weighted by atomic mass is 32.2. The van der Waals surface area contributed by atoms with Crippen LogP contribution in [0.4, 0.5) is 0 Å². The molecule has 7 nitrogen and oxygen atoms in total. The SMILES string of the molecule is COc1ncc(B(O)O)cc1S(=O)(=O)c1sc(C)nc1C. The summed E-state index contributed by atoms with van der Waals surface area (Å²) in [6.07, 6.45) is 1.15. The zero-order valence-corrected chi connectivity index (χ0v) is 13.2. The fraction of sp³-hybridized carbons (Fsp3) is 0.273. The lowest BCUT2D eigenvalue weighted by molar-refractivity contribution is 0.385. The summed E-state index contributed by atoms with van der Waals surface area (Å²) in [5.74, 6) is -0.107. The predicted octanol–water partition coefficient (Wildman–Crippen LogP) is -0.324. The number of aryl methyl sites for hydroxylation is 2. The first-order chi connectivity index (χ1) is 9.77. The first-order valence-corrected chi connectivity index (χ1v) is 8.16. The van der Waals surface area contributed by atoms with Crippen molar-refractivity contribution in [3.05, 3.63) is 23.0 Å². The van der Waals surface area contributed by atoms with Crippen LogP contribution >= 0.6 is 11.3 Å². The molecule has 0 radical (unpaired) electrons. The minimum Gasteiger partial charge on any atom is -0.480 e. The summed E-state index contributed by atoms with van der Waals surface area (Å²) in [7, 11) is -4.43. The number of pyridine rings is 1. The van der Waals surface area contributed by atoms with Gasteiger partial charge in [0.15, 0.2) is 0 Å². The Balaban J connectivity index is 2.69. The zero-order valence-electron chi connectivity index (χ0n) is 11.6. The third kappa shape index (κ3) is 2.93. The van der Waals surface area contributed by atoms with Gasteiger partial charge >= 0.3 is 7.12 Å². The third-order valence-corrected chi connectivity index (χ3v) is 6.16. The van der Waals surface area contributed by atoms with Gasteiger partial charge in [-0.15, -0.1) is 11.3 Å². The van der Waals surface area contributed by atoms with Crippen molar-refractivity contribution in [3.63, 3.8) is 0 Å². The summed E-state index contributed by atoms with van der Waals surface area (Å²) < 4.78 is 30.5. The van der Waals surface area contributed by atoms with Gasteiger partial charge in [0.05, 0.1) is 17.8 Å². The molecule has 0 unspecified atom stereocenters. The molecule has 2 rings (SSSR count). The Hall–Kier alpha value is -1.49. The van der Waals surface area contributed by atoms with Crippen molar-refractivity contribution in [1.29, 1.82) is 0 Å². The van der Waals surface area contributed by atoms with Gasteiger partial charge in [-0.2, -0.15) is 0 Å². The van der Waals surface area contributed by atoms with Crippen LogP contribution in [0.1, 0.15) is 10.7 Å². The van der Waals surface area contributed by atoms with Crippen LogP contribution in [-0.4, -0.2) is 42.7 Å². The summed E-state index contributed by atoms with van der Waals surface area (Å²) in [6.45, 7) is 3.31. The van der Waals surface area contributed by atoms with E-state index in [0.29, 0.717) is 10.7 Å². The average molecular weight is 328 g/mol. The monoisotopic (exact) mass is 328 g/mol. The number of aromatic nitrogens is 2. The molecule has 0 aliphatic heterocycles. The highest BCUT2D eigenvalue weighted by molar-refractivity contribution is 7.93. The Bertz CT molecular complexity index is 773. The molecule has 0 aliphatic rings. The second-order valence-electron chi connectivity index (χ2n) is 4.26. The first kappa shape index (κ1) is 15.9. The van der Waals surface area contributed by atoms with Crippen molar-refractivity contribution in [2.24, 2.45) is 0 Å². The molecule has 0 atom stereocenters. The van der Waals surface area contributed by atoms with E-state index in [0.717, 1.165) is 23.6 Å². The Kier molecular flexibility index (Phi) is 4.33. The van der Waals surface area contributed by atoms with Crippen LogP contribution in [0.3, 0.4) is 0 Å². The average Bonchev–Trinajstić information content (AvgIpc) is 2.77. The second kappa shape index (κ2) is 5.72. The lowest BCUT2D eigenvalue weighted by atomic mass is 9.82. The van der Waals surface area contributed by atoms with E-state index in [1.165, 1.54) is 7.11 Å². The van der Waals surface area contributed by atoms with Crippen LogP contribution in [0.2, 0.25) is 0 Å². The van der Waals surface area contributed by atoms with Crippen molar-refractivity contribution in [3.8, 4) is 5.88 Å². The summed E-state index contributed by atoms with van der Waals surface area (Å²) >= 11 is 1.04. The van der Waals surface area contributed by atoms with Gasteiger partial charge in [0, 0.05) is 11.7 Å². The number of sulfone groups is 1. The van der Waals surface area contributed by atoms with Gasteiger partial charge in [-0.1, -0.05) is 0 Å². The van der Waals surface area contributed by atoms with Crippen molar-refractivity contribution < 1.29 is 23.2 Å². The van der Waals surface area contributed by atoms with Crippen molar-refractivity contribution >= 4 is 33.8 Å². The Morgan fingerprint density at radius 2 is 2.00 bits per heavy atom. The predicted molar refractivity (Wildman–Crippen MR) is 77.7 cm³/mol. The zero-order chi connectivity index (χ0) is 15.8. The van der Waals surface area contributed by atoms with Gasteiger partial charge in [-0.05, 0) is 19.9 Å². The number of methoxy groups -OCH3 is 1. The molecular weight excluding hydrogens is 315 g/mol. The van der Waals surface area contributed by atoms with E-state index >= 15 is 0 Å². The molecule has 0 fully saturated rings. The molecule has 0 saturated carbocycles. The van der Waals surface area contributed by atoms with E-state index in [9.17, 15) is 18.5 Å². The molecule has 0 amide bonds. The van der Waals surface area contributed by atoms with E-state index < -0.39 is 17.0 Å². The molecule has 0 saturated heterocycles. The van der Waals surface area contributed by atoms with Crippen LogP contribution in [0, 0.1) is 13.8 Å². The van der Waals surface area contributed by atoms with Gasteiger partial charge in [-0.25, -0.2) is 18.4 Å². The summed E-state index contributed by atoms with van der Waals surface area (Å²) in [5.41, 5.74) is 0.350. The Morgan fingerprint density at radius 1 is 1.33 bits per heavy atom. The molecule has 21 heavy (non-hydrogen) atoms. The van der Waals surface area contributed by atoms with Gasteiger partial charge in [0.2, 0.25) is 15.7 Å². The van der Waals surface area contributed by atoms with Crippen molar-refractivity contribution in [1.82, 2.24) is 9.97 Å². The smallest absolute Gasteiger partial charge is 0.480 e. The van der Waals surface area contributed by atoms with Crippen molar-refractivity contribution in [2.75, 3.05) is 7.11 Å². The molecule has 112 valence electrons. The number of ether oxygens (including phenoxy) is 1. The topological polar surface area (TPSA) is 110 Å². The van der Waals surface area contributed by atoms with E-state index in [-0.39, 0.29) is 20.4 Å². The van der Waals surface area contributed by atoms with E-state index in [2.05, 4.69) is 9.97 Å². The molecule has 0 bridgehead atoms. The van der Waals surface area contributed by atoms with Gasteiger partial charge < -0.3 is 14.8 Å². The number of hydrogen-bond donors (Lipinski definition) is 2. The standard InChI is InChI=1S/C11H13BN2O5S2/c1-6-11(20-7(2)14-6)21(17,18)9-4-8(12(15)16)5-13-10(9)19-3/h4-5,15-16H,1-3H3. The molecule has 10 heteroatoms. The van der Waals surface area contributed by atoms with Crippen LogP contribution in [0.5, 0.6) is 5.88 Å². The lowest BCUT2D eigenvalue weighted by Gasteiger charge is -2.09. The summed E-state index contributed by atoms with van der Waals surface area (Å²) in [5, 5.41) is 19.0. The van der Waals surface area contributed by atoms with Crippen molar-refractivity contribution in [2.45, 2.75) is 23.0 Å². The van der Waals surface area contributed by atoms with Crippen LogP contribution in [0.15, 0.2) is 21.4 Å². The minimum atomic E-state index is -3.90. The molecule has 0 aliphatic carbocycles. The Labute approximate surface area is 126 Å². The number of nitrogens with zero attached hydrogens (tertiary/aromatic N) is 2. The fourth-order valence-electron chi connectivity index (χ4n) is 1.80. The highest BCUT2D eigenvalue weighted by Crippen LogP contribution is 2.32. The van der Waals surface area contributed by atoms with Gasteiger partial charge in [0.25, 0.3) is 0 Å². The summed E-state index contributed by atoms with van der Waals surface area (Å²) in [6, 6.07) is 1.14. The molecule has 2 N–H and O–H groups in total. The highest BCUT2D eigenvalue weighted by Gasteiger charge is 2.29. The van der Waals surface area contributed by atoms with Gasteiger partial charge in [-0.3, -0.25) is 0 Å². The number of hydrogen-bond acceptors (Lipinski definition) is 8. The fourth-order valence-corrected chi connectivity index (χ4v) is 4.80. The van der Waals surface area contributed by atoms with Crippen LogP contribution in [0.25, 0.3) is 0 Å². The normalized spacial score (nSPS) is 11.5. The molecule has 2 aromatic heterocycles. The third-order valence-electron chi connectivity index (χ3n) is 2.73. The largest absolute Gasteiger partial charge is 0.490 e. The number of rotatable bonds is 4. The maximum atomic E-state index is 12.7. The maximum Gasteiger partial charge on any atom is 0.490 e. The molecule has 2 heterocycles. The first-order valence-electron chi connectivity index (χ1n) is 5.86. The number of thiazole rings is 1. The van der Waals surface area contributed by atoms with E-state index in [1.54, 1.807) is 13.8 Å². The van der Waals surface area contributed by atoms with E-state index in [1.807, 2.05) is 0 Å². The molecular formula is C11H13BN2O5S2. The second-order valence-corrected chi connectivity index (χ2v) is 7.58. The maximum absolute atomic E-state index is 12.7. The quantitative estimate of drug-likeness (QED) is 0.740. The molecule has 0 aromatic carbocycles.